The minimum Gasteiger partial charge on any atom is -0.497 e. The maximum absolute atomic E-state index is 5.78. The van der Waals surface area contributed by atoms with Crippen LogP contribution in [0.15, 0.2) is 18.2 Å². The van der Waals surface area contributed by atoms with Gasteiger partial charge in [-0.3, -0.25) is 0 Å². The summed E-state index contributed by atoms with van der Waals surface area (Å²) in [5.74, 6) is 4.87. The quantitative estimate of drug-likeness (QED) is 0.918. The Hall–Kier alpha value is -1.22. The van der Waals surface area contributed by atoms with E-state index in [1.807, 2.05) is 12.1 Å². The zero-order valence-electron chi connectivity index (χ0n) is 12.8. The van der Waals surface area contributed by atoms with Gasteiger partial charge in [-0.05, 0) is 61.8 Å². The van der Waals surface area contributed by atoms with E-state index >= 15 is 0 Å². The average Bonchev–Trinajstić information content (AvgIpc) is 3.15. The maximum atomic E-state index is 5.78. The van der Waals surface area contributed by atoms with Gasteiger partial charge in [-0.2, -0.15) is 0 Å². The largest absolute Gasteiger partial charge is 0.497 e. The molecule has 2 fully saturated rings. The van der Waals surface area contributed by atoms with Crippen molar-refractivity contribution >= 4 is 0 Å². The molecular weight excluding hydrogens is 262 g/mol. The molecule has 1 N–H and O–H groups in total. The lowest BCUT2D eigenvalue weighted by molar-refractivity contribution is 0.237. The first kappa shape index (κ1) is 13.4. The molecule has 2 bridgehead atoms. The van der Waals surface area contributed by atoms with Crippen LogP contribution < -0.4 is 14.8 Å². The summed E-state index contributed by atoms with van der Waals surface area (Å²) in [7, 11) is 1.73. The first-order valence-corrected chi connectivity index (χ1v) is 8.37. The highest BCUT2D eigenvalue weighted by Gasteiger charge is 2.39. The number of hydrogen-bond acceptors (Lipinski definition) is 3. The normalized spacial score (nSPS) is 33.6. The molecule has 2 saturated carbocycles. The number of rotatable bonds is 4. The molecule has 0 radical (unpaired) electrons. The molecule has 2 aliphatic carbocycles. The van der Waals surface area contributed by atoms with Crippen molar-refractivity contribution in [2.24, 2.45) is 17.8 Å². The second-order valence-electron chi connectivity index (χ2n) is 6.94. The highest BCUT2D eigenvalue weighted by atomic mass is 16.5. The average molecular weight is 287 g/mol. The van der Waals surface area contributed by atoms with E-state index in [1.54, 1.807) is 7.11 Å². The van der Waals surface area contributed by atoms with Crippen molar-refractivity contribution in [2.75, 3.05) is 20.3 Å². The van der Waals surface area contributed by atoms with Crippen molar-refractivity contribution in [3.05, 3.63) is 23.8 Å². The van der Waals surface area contributed by atoms with Crippen LogP contribution in [0.25, 0.3) is 0 Å². The van der Waals surface area contributed by atoms with E-state index in [2.05, 4.69) is 11.4 Å². The fourth-order valence-electron chi connectivity index (χ4n) is 4.63. The molecule has 0 amide bonds. The predicted molar refractivity (Wildman–Crippen MR) is 82.8 cm³/mol. The zero-order valence-corrected chi connectivity index (χ0v) is 12.8. The molecule has 3 heteroatoms. The molecule has 1 aliphatic heterocycles. The molecule has 21 heavy (non-hydrogen) atoms. The fraction of sp³-hybridized carbons (Fsp3) is 0.667. The van der Waals surface area contributed by atoms with Crippen LogP contribution in [-0.2, 0) is 0 Å². The number of methoxy groups -OCH3 is 1. The molecule has 1 aromatic rings. The van der Waals surface area contributed by atoms with Gasteiger partial charge in [0.15, 0.2) is 0 Å². The summed E-state index contributed by atoms with van der Waals surface area (Å²) >= 11 is 0. The number of hydrogen-bond donors (Lipinski definition) is 1. The minimum absolute atomic E-state index is 0.419. The first-order valence-electron chi connectivity index (χ1n) is 8.37. The standard InChI is InChI=1S/C18H25NO2/c1-20-15-4-5-18-16(10-15)17(6-7-21-18)19-11-14-9-12-2-3-13(14)8-12/h4-5,10,12-14,17,19H,2-3,6-9,11H2,1H3/t12?,13?,14?,17-/m0/s1. The van der Waals surface area contributed by atoms with Crippen LogP contribution in [0.2, 0.25) is 0 Å². The molecule has 1 aromatic carbocycles. The summed E-state index contributed by atoms with van der Waals surface area (Å²) in [6.07, 6.45) is 6.95. The minimum atomic E-state index is 0.419. The molecule has 3 unspecified atom stereocenters. The first-order chi connectivity index (χ1) is 10.3. The number of benzene rings is 1. The van der Waals surface area contributed by atoms with Crippen molar-refractivity contribution in [3.63, 3.8) is 0 Å². The highest BCUT2D eigenvalue weighted by Crippen LogP contribution is 2.48. The van der Waals surface area contributed by atoms with Gasteiger partial charge in [0.05, 0.1) is 13.7 Å². The molecule has 0 saturated heterocycles. The monoisotopic (exact) mass is 287 g/mol. The van der Waals surface area contributed by atoms with Crippen molar-refractivity contribution in [1.82, 2.24) is 5.32 Å². The third-order valence-electron chi connectivity index (χ3n) is 5.77. The van der Waals surface area contributed by atoms with Crippen LogP contribution in [0.5, 0.6) is 11.5 Å². The lowest BCUT2D eigenvalue weighted by Gasteiger charge is -2.30. The van der Waals surface area contributed by atoms with Crippen LogP contribution in [0.1, 0.15) is 43.7 Å². The zero-order chi connectivity index (χ0) is 14.2. The van der Waals surface area contributed by atoms with Crippen LogP contribution in [-0.4, -0.2) is 20.3 Å². The molecule has 0 spiro atoms. The SMILES string of the molecule is COc1ccc2c(c1)[C@@H](NCC1CC3CCC1C3)CCO2. The Morgan fingerprint density at radius 3 is 2.95 bits per heavy atom. The van der Waals surface area contributed by atoms with Gasteiger partial charge in [-0.15, -0.1) is 0 Å². The van der Waals surface area contributed by atoms with Crippen LogP contribution >= 0.6 is 0 Å². The third kappa shape index (κ3) is 2.52. The lowest BCUT2D eigenvalue weighted by atomic mass is 9.88. The second kappa shape index (κ2) is 5.53. The Morgan fingerprint density at radius 1 is 1.24 bits per heavy atom. The molecule has 4 rings (SSSR count). The second-order valence-corrected chi connectivity index (χ2v) is 6.94. The Kier molecular flexibility index (Phi) is 3.54. The maximum Gasteiger partial charge on any atom is 0.124 e. The summed E-state index contributed by atoms with van der Waals surface area (Å²) in [6.45, 7) is 1.98. The molecular formula is C18H25NO2. The molecule has 0 aromatic heterocycles. The summed E-state index contributed by atoms with van der Waals surface area (Å²) in [5, 5.41) is 3.82. The van der Waals surface area contributed by atoms with E-state index in [-0.39, 0.29) is 0 Å². The van der Waals surface area contributed by atoms with Gasteiger partial charge in [-0.25, -0.2) is 0 Å². The van der Waals surface area contributed by atoms with Gasteiger partial charge in [0.2, 0.25) is 0 Å². The van der Waals surface area contributed by atoms with E-state index in [4.69, 9.17) is 9.47 Å². The molecule has 1 heterocycles. The third-order valence-corrected chi connectivity index (χ3v) is 5.77. The van der Waals surface area contributed by atoms with E-state index in [0.717, 1.165) is 42.3 Å². The Morgan fingerprint density at radius 2 is 2.19 bits per heavy atom. The van der Waals surface area contributed by atoms with Gasteiger partial charge >= 0.3 is 0 Å². The Bertz CT molecular complexity index is 516. The van der Waals surface area contributed by atoms with E-state index in [1.165, 1.54) is 37.8 Å². The van der Waals surface area contributed by atoms with Gasteiger partial charge in [-0.1, -0.05) is 6.42 Å². The van der Waals surface area contributed by atoms with Crippen molar-refractivity contribution < 1.29 is 9.47 Å². The summed E-state index contributed by atoms with van der Waals surface area (Å²) < 4.78 is 11.1. The van der Waals surface area contributed by atoms with E-state index in [9.17, 15) is 0 Å². The van der Waals surface area contributed by atoms with E-state index in [0.29, 0.717) is 6.04 Å². The highest BCUT2D eigenvalue weighted by molar-refractivity contribution is 5.43. The van der Waals surface area contributed by atoms with E-state index < -0.39 is 0 Å². The van der Waals surface area contributed by atoms with Crippen LogP contribution in [0, 0.1) is 17.8 Å². The summed E-state index contributed by atoms with van der Waals surface area (Å²) in [5.41, 5.74) is 1.27. The molecule has 4 atom stereocenters. The molecule has 114 valence electrons. The fourth-order valence-corrected chi connectivity index (χ4v) is 4.63. The Balaban J connectivity index is 1.44. The van der Waals surface area contributed by atoms with Gasteiger partial charge in [0, 0.05) is 18.0 Å². The summed E-state index contributed by atoms with van der Waals surface area (Å²) in [4.78, 5) is 0. The molecule has 3 nitrogen and oxygen atoms in total. The van der Waals surface area contributed by atoms with Gasteiger partial charge in [0.25, 0.3) is 0 Å². The topological polar surface area (TPSA) is 30.5 Å². The van der Waals surface area contributed by atoms with Crippen molar-refractivity contribution in [1.29, 1.82) is 0 Å². The van der Waals surface area contributed by atoms with Crippen LogP contribution in [0.3, 0.4) is 0 Å². The molecule has 3 aliphatic rings. The number of fused-ring (bicyclic) bond motifs is 3. The van der Waals surface area contributed by atoms with Gasteiger partial charge in [0.1, 0.15) is 11.5 Å². The predicted octanol–water partition coefficient (Wildman–Crippen LogP) is 3.54. The number of nitrogens with one attached hydrogen (secondary N) is 1. The van der Waals surface area contributed by atoms with Crippen molar-refractivity contribution in [2.45, 2.75) is 38.1 Å². The van der Waals surface area contributed by atoms with Crippen molar-refractivity contribution in [3.8, 4) is 11.5 Å². The lowest BCUT2D eigenvalue weighted by Crippen LogP contribution is -2.32. The van der Waals surface area contributed by atoms with Gasteiger partial charge < -0.3 is 14.8 Å². The Labute approximate surface area is 127 Å². The number of ether oxygens (including phenoxy) is 2. The smallest absolute Gasteiger partial charge is 0.124 e. The summed E-state index contributed by atoms with van der Waals surface area (Å²) in [6, 6.07) is 6.58. The van der Waals surface area contributed by atoms with Crippen LogP contribution in [0.4, 0.5) is 0 Å².